The van der Waals surface area contributed by atoms with Gasteiger partial charge in [-0.05, 0) is 18.3 Å². The molecule has 15 heavy (non-hydrogen) atoms. The van der Waals surface area contributed by atoms with Crippen LogP contribution in [0.2, 0.25) is 0 Å². The Hall–Kier alpha value is -0.0400. The van der Waals surface area contributed by atoms with Crippen LogP contribution in [0.3, 0.4) is 0 Å². The predicted octanol–water partition coefficient (Wildman–Crippen LogP) is -6.88. The molecule has 2 rings (SSSR count). The van der Waals surface area contributed by atoms with Crippen molar-refractivity contribution < 1.29 is 74.1 Å². The van der Waals surface area contributed by atoms with Gasteiger partial charge in [-0.15, -0.1) is 0 Å². The number of para-hydroxylation sites is 2. The van der Waals surface area contributed by atoms with Crippen LogP contribution >= 0.6 is 0 Å². The number of carboxylic acid groups (broad SMARTS) is 2. The molecule has 0 aliphatic carbocycles. The Morgan fingerprint density at radius 2 is 1.73 bits per heavy atom. The van der Waals surface area contributed by atoms with Crippen molar-refractivity contribution in [3.63, 3.8) is 0 Å². The Balaban J connectivity index is 0. The second-order valence-electron chi connectivity index (χ2n) is 2.17. The SMILES string of the molecule is O=C([O-])[O-].[Na+].[Na+].c1ccc2[nH]cnc2c1. The molecule has 0 fully saturated rings. The third kappa shape index (κ3) is 6.94. The average molecular weight is 224 g/mol. The first-order valence-corrected chi connectivity index (χ1v) is 3.46. The molecule has 1 heterocycles. The van der Waals surface area contributed by atoms with Crippen molar-refractivity contribution in [2.45, 2.75) is 0 Å². The zero-order valence-corrected chi connectivity index (χ0v) is 12.6. The van der Waals surface area contributed by atoms with Gasteiger partial charge in [0.2, 0.25) is 0 Å². The van der Waals surface area contributed by atoms with Crippen LogP contribution < -0.4 is 69.3 Å². The van der Waals surface area contributed by atoms with Gasteiger partial charge in [0.25, 0.3) is 0 Å². The van der Waals surface area contributed by atoms with Crippen LogP contribution in [0.5, 0.6) is 0 Å². The van der Waals surface area contributed by atoms with E-state index in [1.807, 2.05) is 24.3 Å². The summed E-state index contributed by atoms with van der Waals surface area (Å²) in [5.41, 5.74) is 2.12. The first-order valence-electron chi connectivity index (χ1n) is 3.46. The van der Waals surface area contributed by atoms with Gasteiger partial charge in [0.15, 0.2) is 0 Å². The van der Waals surface area contributed by atoms with Crippen molar-refractivity contribution in [2.75, 3.05) is 0 Å². The summed E-state index contributed by atoms with van der Waals surface area (Å²) in [5.74, 6) is 0. The summed E-state index contributed by atoms with van der Waals surface area (Å²) in [4.78, 5) is 15.4. The number of rotatable bonds is 0. The fraction of sp³-hybridized carbons (Fsp3) is 0. The van der Waals surface area contributed by atoms with E-state index in [0.717, 1.165) is 11.0 Å². The van der Waals surface area contributed by atoms with Crippen LogP contribution in [0.4, 0.5) is 4.79 Å². The van der Waals surface area contributed by atoms with Gasteiger partial charge in [-0.2, -0.15) is 0 Å². The minimum Gasteiger partial charge on any atom is -0.652 e. The number of carbonyl (C=O) groups is 1. The average Bonchev–Trinajstić information content (AvgIpc) is 2.49. The Bertz CT molecular complexity index is 371. The number of aromatic nitrogens is 2. The molecule has 7 heteroatoms. The number of carbonyl (C=O) groups excluding carboxylic acids is 1. The third-order valence-electron chi connectivity index (χ3n) is 1.33. The van der Waals surface area contributed by atoms with E-state index in [1.165, 1.54) is 0 Å². The molecular formula is C8H6N2Na2O3. The van der Waals surface area contributed by atoms with Crippen LogP contribution in [0.15, 0.2) is 30.6 Å². The van der Waals surface area contributed by atoms with Crippen molar-refractivity contribution in [3.05, 3.63) is 30.6 Å². The first-order chi connectivity index (χ1) is 6.20. The van der Waals surface area contributed by atoms with Gasteiger partial charge < -0.3 is 20.0 Å². The molecule has 2 aromatic rings. The fourth-order valence-electron chi connectivity index (χ4n) is 0.880. The van der Waals surface area contributed by atoms with Crippen molar-refractivity contribution in [2.24, 2.45) is 0 Å². The summed E-state index contributed by atoms with van der Waals surface area (Å²) in [6.07, 6.45) is -0.634. The van der Waals surface area contributed by atoms with Crippen molar-refractivity contribution in [1.82, 2.24) is 9.97 Å². The second kappa shape index (κ2) is 9.21. The third-order valence-corrected chi connectivity index (χ3v) is 1.33. The summed E-state index contributed by atoms with van der Waals surface area (Å²) in [5, 5.41) is 16.7. The van der Waals surface area contributed by atoms with Crippen molar-refractivity contribution in [3.8, 4) is 0 Å². The minimum absolute atomic E-state index is 0. The van der Waals surface area contributed by atoms with Gasteiger partial charge in [-0.3, -0.25) is 0 Å². The van der Waals surface area contributed by atoms with E-state index in [4.69, 9.17) is 15.0 Å². The summed E-state index contributed by atoms with van der Waals surface area (Å²) >= 11 is 0. The standard InChI is InChI=1S/C7H6N2.CH2O3.2Na/c1-2-4-7-6(3-1)8-5-9-7;2-1(3)4;;/h1-5H,(H,8,9);(H2,2,3,4);;/q;;2*+1/p-2. The number of benzene rings is 1. The van der Waals surface area contributed by atoms with E-state index in [1.54, 1.807) is 6.33 Å². The van der Waals surface area contributed by atoms with Gasteiger partial charge >= 0.3 is 59.1 Å². The summed E-state index contributed by atoms with van der Waals surface area (Å²) in [6.45, 7) is 0. The summed E-state index contributed by atoms with van der Waals surface area (Å²) in [6, 6.07) is 7.94. The van der Waals surface area contributed by atoms with Crippen molar-refractivity contribution >= 4 is 17.2 Å². The number of imidazole rings is 1. The Morgan fingerprint density at radius 3 is 2.27 bits per heavy atom. The Kier molecular flexibility index (Phi) is 10.7. The molecule has 0 radical (unpaired) electrons. The Morgan fingerprint density at radius 1 is 1.20 bits per heavy atom. The molecule has 0 bridgehead atoms. The normalized spacial score (nSPS) is 7.73. The molecule has 1 aromatic carbocycles. The number of nitrogens with one attached hydrogen (secondary N) is 1. The zero-order chi connectivity index (χ0) is 9.68. The summed E-state index contributed by atoms with van der Waals surface area (Å²) < 4.78 is 0. The summed E-state index contributed by atoms with van der Waals surface area (Å²) in [7, 11) is 0. The van der Waals surface area contributed by atoms with Gasteiger partial charge in [-0.25, -0.2) is 4.98 Å². The molecule has 1 aromatic heterocycles. The van der Waals surface area contributed by atoms with Gasteiger partial charge in [0.05, 0.1) is 17.4 Å². The zero-order valence-electron chi connectivity index (χ0n) is 8.56. The number of fused-ring (bicyclic) bond motifs is 1. The molecule has 0 aliphatic heterocycles. The smallest absolute Gasteiger partial charge is 0.652 e. The number of aromatic amines is 1. The maximum absolute atomic E-state index is 8.33. The Labute approximate surface area is 130 Å². The molecule has 0 spiro atoms. The number of H-pyrrole nitrogens is 1. The number of nitrogens with zero attached hydrogens (tertiary/aromatic N) is 1. The fourth-order valence-corrected chi connectivity index (χ4v) is 0.880. The van der Waals surface area contributed by atoms with Crippen LogP contribution in [-0.2, 0) is 0 Å². The molecule has 0 aliphatic rings. The predicted molar refractivity (Wildman–Crippen MR) is 41.5 cm³/mol. The maximum Gasteiger partial charge on any atom is 1.00 e. The van der Waals surface area contributed by atoms with Gasteiger partial charge in [-0.1, -0.05) is 12.1 Å². The second-order valence-corrected chi connectivity index (χ2v) is 2.17. The topological polar surface area (TPSA) is 91.9 Å². The van der Waals surface area contributed by atoms with E-state index >= 15 is 0 Å². The molecule has 0 amide bonds. The van der Waals surface area contributed by atoms with E-state index in [9.17, 15) is 0 Å². The van der Waals surface area contributed by atoms with E-state index in [0.29, 0.717) is 0 Å². The van der Waals surface area contributed by atoms with E-state index in [2.05, 4.69) is 9.97 Å². The van der Waals surface area contributed by atoms with Gasteiger partial charge in [0.1, 0.15) is 0 Å². The minimum atomic E-state index is -2.33. The van der Waals surface area contributed by atoms with Crippen molar-refractivity contribution in [1.29, 1.82) is 0 Å². The number of hydrogen-bond acceptors (Lipinski definition) is 4. The quantitative estimate of drug-likeness (QED) is 0.450. The van der Waals surface area contributed by atoms with E-state index < -0.39 is 6.16 Å². The number of hydrogen-bond donors (Lipinski definition) is 1. The molecule has 5 nitrogen and oxygen atoms in total. The molecule has 0 saturated heterocycles. The van der Waals surface area contributed by atoms with Gasteiger partial charge in [0, 0.05) is 0 Å². The van der Waals surface area contributed by atoms with Crippen LogP contribution in [0.25, 0.3) is 11.0 Å². The molecule has 0 unspecified atom stereocenters. The monoisotopic (exact) mass is 224 g/mol. The van der Waals surface area contributed by atoms with E-state index in [-0.39, 0.29) is 59.1 Å². The molecular weight excluding hydrogens is 218 g/mol. The maximum atomic E-state index is 8.33. The van der Waals surface area contributed by atoms with Crippen LogP contribution in [-0.4, -0.2) is 16.1 Å². The molecule has 0 atom stereocenters. The van der Waals surface area contributed by atoms with Crippen LogP contribution in [0, 0.1) is 0 Å². The largest absolute Gasteiger partial charge is 1.00 e. The molecule has 1 N–H and O–H groups in total. The first kappa shape index (κ1) is 17.4. The van der Waals surface area contributed by atoms with Crippen LogP contribution in [0.1, 0.15) is 0 Å². The molecule has 0 saturated carbocycles. The molecule has 68 valence electrons.